The standard InChI is InChI=1S/C27H20S/c1-19-16-17-22(20-10-4-2-5-11-20)25(18-19)27-24-15-9-8-14-23(24)26(28-27)21-12-6-3-7-13-21/h2-18H,1H3. The Kier molecular flexibility index (Phi) is 4.31. The Balaban J connectivity index is 1.81. The van der Waals surface area contributed by atoms with E-state index in [2.05, 4.69) is 110 Å². The molecule has 5 aromatic rings. The first kappa shape index (κ1) is 17.0. The third-order valence-corrected chi connectivity index (χ3v) is 6.46. The van der Waals surface area contributed by atoms with Crippen molar-refractivity contribution in [1.29, 1.82) is 0 Å². The van der Waals surface area contributed by atoms with E-state index in [1.54, 1.807) is 0 Å². The Labute approximate surface area is 169 Å². The fraction of sp³-hybridized carbons (Fsp3) is 0.0370. The van der Waals surface area contributed by atoms with Crippen LogP contribution in [-0.2, 0) is 0 Å². The van der Waals surface area contributed by atoms with Crippen LogP contribution in [-0.4, -0.2) is 0 Å². The first-order valence-electron chi connectivity index (χ1n) is 9.54. The number of hydrogen-bond donors (Lipinski definition) is 0. The van der Waals surface area contributed by atoms with Crippen molar-refractivity contribution in [2.45, 2.75) is 6.92 Å². The van der Waals surface area contributed by atoms with Gasteiger partial charge in [0.2, 0.25) is 0 Å². The van der Waals surface area contributed by atoms with Crippen LogP contribution in [0.25, 0.3) is 42.8 Å². The van der Waals surface area contributed by atoms with E-state index in [4.69, 9.17) is 0 Å². The minimum Gasteiger partial charge on any atom is -0.134 e. The smallest absolute Gasteiger partial charge is 0.0434 e. The largest absolute Gasteiger partial charge is 0.134 e. The lowest BCUT2D eigenvalue weighted by atomic mass is 9.95. The van der Waals surface area contributed by atoms with Crippen molar-refractivity contribution >= 4 is 22.1 Å². The van der Waals surface area contributed by atoms with Crippen LogP contribution in [0.1, 0.15) is 5.56 Å². The molecule has 1 heteroatoms. The van der Waals surface area contributed by atoms with Gasteiger partial charge in [0.15, 0.2) is 0 Å². The summed E-state index contributed by atoms with van der Waals surface area (Å²) in [7, 11) is 0. The maximum Gasteiger partial charge on any atom is 0.0434 e. The van der Waals surface area contributed by atoms with Crippen LogP contribution in [0, 0.1) is 6.92 Å². The van der Waals surface area contributed by atoms with Crippen molar-refractivity contribution in [2.24, 2.45) is 0 Å². The zero-order chi connectivity index (χ0) is 18.9. The first-order valence-corrected chi connectivity index (χ1v) is 10.4. The average Bonchev–Trinajstić information content (AvgIpc) is 3.15. The number of thiophene rings is 1. The highest BCUT2D eigenvalue weighted by atomic mass is 32.1. The second kappa shape index (κ2) is 7.10. The van der Waals surface area contributed by atoms with Gasteiger partial charge in [0.25, 0.3) is 0 Å². The second-order valence-corrected chi connectivity index (χ2v) is 8.11. The number of fused-ring (bicyclic) bond motifs is 1. The van der Waals surface area contributed by atoms with Crippen LogP contribution in [0.4, 0.5) is 0 Å². The lowest BCUT2D eigenvalue weighted by Gasteiger charge is -2.10. The zero-order valence-corrected chi connectivity index (χ0v) is 16.5. The molecule has 134 valence electrons. The van der Waals surface area contributed by atoms with Crippen LogP contribution in [0.2, 0.25) is 0 Å². The number of aryl methyl sites for hydroxylation is 1. The fourth-order valence-electron chi connectivity index (χ4n) is 3.81. The lowest BCUT2D eigenvalue weighted by molar-refractivity contribution is 1.47. The summed E-state index contributed by atoms with van der Waals surface area (Å²) in [6.45, 7) is 2.17. The number of benzene rings is 4. The van der Waals surface area contributed by atoms with E-state index in [1.165, 1.54) is 48.3 Å². The lowest BCUT2D eigenvalue weighted by Crippen LogP contribution is -1.85. The molecule has 1 aromatic heterocycles. The fourth-order valence-corrected chi connectivity index (χ4v) is 5.12. The quantitative estimate of drug-likeness (QED) is 0.297. The third kappa shape index (κ3) is 2.94. The molecule has 0 atom stereocenters. The monoisotopic (exact) mass is 376 g/mol. The van der Waals surface area contributed by atoms with Crippen molar-refractivity contribution in [1.82, 2.24) is 0 Å². The summed E-state index contributed by atoms with van der Waals surface area (Å²) in [5.41, 5.74) is 6.43. The minimum atomic E-state index is 1.26. The van der Waals surface area contributed by atoms with E-state index in [-0.39, 0.29) is 0 Å². The molecule has 28 heavy (non-hydrogen) atoms. The minimum absolute atomic E-state index is 1.26. The SMILES string of the molecule is Cc1ccc(-c2ccccc2)c(-c2sc(-c3ccccc3)c3ccccc23)c1. The van der Waals surface area contributed by atoms with E-state index in [9.17, 15) is 0 Å². The van der Waals surface area contributed by atoms with Gasteiger partial charge < -0.3 is 0 Å². The molecule has 0 bridgehead atoms. The van der Waals surface area contributed by atoms with E-state index < -0.39 is 0 Å². The van der Waals surface area contributed by atoms with Gasteiger partial charge in [-0.25, -0.2) is 0 Å². The molecule has 0 aliphatic rings. The van der Waals surface area contributed by atoms with Gasteiger partial charge in [-0.2, -0.15) is 0 Å². The normalized spacial score (nSPS) is 11.0. The summed E-state index contributed by atoms with van der Waals surface area (Å²) in [5.74, 6) is 0. The van der Waals surface area contributed by atoms with Crippen molar-refractivity contribution in [2.75, 3.05) is 0 Å². The van der Waals surface area contributed by atoms with Crippen LogP contribution >= 0.6 is 11.3 Å². The predicted molar refractivity (Wildman–Crippen MR) is 123 cm³/mol. The average molecular weight is 377 g/mol. The second-order valence-electron chi connectivity index (χ2n) is 7.09. The predicted octanol–water partition coefficient (Wildman–Crippen LogP) is 8.21. The Morgan fingerprint density at radius 2 is 1.07 bits per heavy atom. The summed E-state index contributed by atoms with van der Waals surface area (Å²) in [6, 6.07) is 37.0. The Hall–Kier alpha value is -3.16. The van der Waals surface area contributed by atoms with E-state index in [0.29, 0.717) is 0 Å². The van der Waals surface area contributed by atoms with Gasteiger partial charge in [-0.3, -0.25) is 0 Å². The summed E-state index contributed by atoms with van der Waals surface area (Å²) in [4.78, 5) is 2.68. The van der Waals surface area contributed by atoms with E-state index >= 15 is 0 Å². The Morgan fingerprint density at radius 3 is 1.75 bits per heavy atom. The summed E-state index contributed by atoms with van der Waals surface area (Å²) < 4.78 is 0. The van der Waals surface area contributed by atoms with E-state index in [1.807, 2.05) is 11.3 Å². The maximum absolute atomic E-state index is 2.33. The molecule has 0 spiro atoms. The van der Waals surface area contributed by atoms with Crippen molar-refractivity contribution < 1.29 is 0 Å². The van der Waals surface area contributed by atoms with Crippen molar-refractivity contribution in [3.8, 4) is 32.0 Å². The molecule has 0 N–H and O–H groups in total. The van der Waals surface area contributed by atoms with Gasteiger partial charge in [0, 0.05) is 26.1 Å². The molecule has 5 rings (SSSR count). The van der Waals surface area contributed by atoms with Crippen LogP contribution in [0.5, 0.6) is 0 Å². The summed E-state index contributed by atoms with van der Waals surface area (Å²) in [6.07, 6.45) is 0. The zero-order valence-electron chi connectivity index (χ0n) is 15.7. The van der Waals surface area contributed by atoms with Crippen LogP contribution in [0.15, 0.2) is 103 Å². The Morgan fingerprint density at radius 1 is 0.500 bits per heavy atom. The first-order chi connectivity index (χ1) is 13.8. The summed E-state index contributed by atoms with van der Waals surface area (Å²) in [5, 5.41) is 2.66. The van der Waals surface area contributed by atoms with Gasteiger partial charge in [0.1, 0.15) is 0 Å². The van der Waals surface area contributed by atoms with Crippen molar-refractivity contribution in [3.05, 3.63) is 109 Å². The number of rotatable bonds is 3. The molecule has 0 fully saturated rings. The highest BCUT2D eigenvalue weighted by molar-refractivity contribution is 7.21. The number of hydrogen-bond acceptors (Lipinski definition) is 1. The molecular formula is C27H20S. The molecule has 0 aliphatic heterocycles. The van der Waals surface area contributed by atoms with Gasteiger partial charge in [-0.15, -0.1) is 11.3 Å². The van der Waals surface area contributed by atoms with Gasteiger partial charge in [-0.05, 0) is 29.7 Å². The molecule has 1 heterocycles. The molecule has 0 saturated heterocycles. The molecule has 0 nitrogen and oxygen atoms in total. The molecule has 4 aromatic carbocycles. The molecule has 0 aliphatic carbocycles. The van der Waals surface area contributed by atoms with Gasteiger partial charge in [0.05, 0.1) is 0 Å². The van der Waals surface area contributed by atoms with Gasteiger partial charge in [-0.1, -0.05) is 103 Å². The molecule has 0 amide bonds. The molecule has 0 unspecified atom stereocenters. The topological polar surface area (TPSA) is 0 Å². The van der Waals surface area contributed by atoms with Crippen LogP contribution < -0.4 is 0 Å². The Bertz CT molecular complexity index is 1250. The van der Waals surface area contributed by atoms with Crippen LogP contribution in [0.3, 0.4) is 0 Å². The van der Waals surface area contributed by atoms with E-state index in [0.717, 1.165) is 0 Å². The highest BCUT2D eigenvalue weighted by Crippen LogP contribution is 2.46. The van der Waals surface area contributed by atoms with Crippen molar-refractivity contribution in [3.63, 3.8) is 0 Å². The van der Waals surface area contributed by atoms with Gasteiger partial charge >= 0.3 is 0 Å². The maximum atomic E-state index is 2.33. The summed E-state index contributed by atoms with van der Waals surface area (Å²) >= 11 is 1.90. The third-order valence-electron chi connectivity index (χ3n) is 5.16. The molecule has 0 saturated carbocycles. The molecular weight excluding hydrogens is 356 g/mol. The molecule has 0 radical (unpaired) electrons. The highest BCUT2D eigenvalue weighted by Gasteiger charge is 2.17.